The minimum absolute atomic E-state index is 0.0364. The zero-order chi connectivity index (χ0) is 15.6. The Morgan fingerprint density at radius 3 is 3.18 bits per heavy atom. The maximum Gasteiger partial charge on any atom is 0.316 e. The second-order valence-electron chi connectivity index (χ2n) is 6.66. The molecule has 3 rings (SSSR count). The molecule has 2 fully saturated rings. The first-order valence-corrected chi connectivity index (χ1v) is 7.73. The first-order chi connectivity index (χ1) is 10.6. The lowest BCUT2D eigenvalue weighted by Crippen LogP contribution is -2.45. The maximum atomic E-state index is 11.8. The standard InChI is InChI=1S/C16H24N4O2/c1-19(2)15(21)18-10-16-11-20(8-14(16)9-22-12-16)7-13-4-3-5-17-6-13/h3-6,14H,7-12H2,1-2H3,(H,18,21)/t14-,16+/m1/s1. The number of likely N-dealkylation sites (tertiary alicyclic amines) is 1. The van der Waals surface area contributed by atoms with Gasteiger partial charge in [0, 0.05) is 64.0 Å². The van der Waals surface area contributed by atoms with Gasteiger partial charge in [0.1, 0.15) is 0 Å². The van der Waals surface area contributed by atoms with Crippen molar-refractivity contribution in [2.24, 2.45) is 11.3 Å². The van der Waals surface area contributed by atoms with Crippen LogP contribution in [-0.2, 0) is 11.3 Å². The fourth-order valence-electron chi connectivity index (χ4n) is 3.47. The molecular weight excluding hydrogens is 280 g/mol. The lowest BCUT2D eigenvalue weighted by Gasteiger charge is -2.28. The van der Waals surface area contributed by atoms with E-state index in [1.54, 1.807) is 25.2 Å². The summed E-state index contributed by atoms with van der Waals surface area (Å²) < 4.78 is 5.70. The molecule has 0 aliphatic carbocycles. The normalized spacial score (nSPS) is 27.6. The zero-order valence-corrected chi connectivity index (χ0v) is 13.3. The largest absolute Gasteiger partial charge is 0.380 e. The molecule has 3 heterocycles. The van der Waals surface area contributed by atoms with Gasteiger partial charge in [-0.25, -0.2) is 4.79 Å². The van der Waals surface area contributed by atoms with Crippen molar-refractivity contribution in [3.8, 4) is 0 Å². The van der Waals surface area contributed by atoms with Crippen LogP contribution in [0.5, 0.6) is 0 Å². The van der Waals surface area contributed by atoms with Gasteiger partial charge in [-0.2, -0.15) is 0 Å². The molecular formula is C16H24N4O2. The topological polar surface area (TPSA) is 57.7 Å². The Morgan fingerprint density at radius 2 is 2.45 bits per heavy atom. The molecule has 0 spiro atoms. The van der Waals surface area contributed by atoms with Gasteiger partial charge in [-0.3, -0.25) is 9.88 Å². The Hall–Kier alpha value is -1.66. The third-order valence-corrected chi connectivity index (χ3v) is 4.72. The highest BCUT2D eigenvalue weighted by Crippen LogP contribution is 2.41. The van der Waals surface area contributed by atoms with Gasteiger partial charge in [-0.05, 0) is 11.6 Å². The van der Waals surface area contributed by atoms with Crippen LogP contribution in [0.15, 0.2) is 24.5 Å². The number of ether oxygens (including phenoxy) is 1. The molecule has 6 nitrogen and oxygen atoms in total. The number of nitrogens with one attached hydrogen (secondary N) is 1. The van der Waals surface area contributed by atoms with Crippen molar-refractivity contribution in [3.05, 3.63) is 30.1 Å². The summed E-state index contributed by atoms with van der Waals surface area (Å²) in [4.78, 5) is 20.0. The van der Waals surface area contributed by atoms with Crippen LogP contribution < -0.4 is 5.32 Å². The van der Waals surface area contributed by atoms with E-state index in [9.17, 15) is 4.79 Å². The molecule has 1 N–H and O–H groups in total. The van der Waals surface area contributed by atoms with Gasteiger partial charge in [0.25, 0.3) is 0 Å². The SMILES string of the molecule is CN(C)C(=O)NC[C@]12COC[C@H]1CN(Cc1cccnc1)C2. The Morgan fingerprint density at radius 1 is 1.59 bits per heavy atom. The molecule has 120 valence electrons. The minimum atomic E-state index is -0.0364. The average Bonchev–Trinajstić information content (AvgIpc) is 3.02. The number of nitrogens with zero attached hydrogens (tertiary/aromatic N) is 3. The number of pyridine rings is 1. The molecule has 0 aromatic carbocycles. The van der Waals surface area contributed by atoms with Crippen LogP contribution in [0.25, 0.3) is 0 Å². The van der Waals surface area contributed by atoms with Crippen molar-refractivity contribution in [1.82, 2.24) is 20.1 Å². The summed E-state index contributed by atoms with van der Waals surface area (Å²) in [6.07, 6.45) is 3.72. The van der Waals surface area contributed by atoms with E-state index in [1.165, 1.54) is 5.56 Å². The Kier molecular flexibility index (Phi) is 4.31. The Bertz CT molecular complexity index is 522. The van der Waals surface area contributed by atoms with E-state index in [1.807, 2.05) is 12.3 Å². The van der Waals surface area contributed by atoms with Crippen LogP contribution in [0.4, 0.5) is 4.79 Å². The molecule has 6 heteroatoms. The Balaban J connectivity index is 1.62. The zero-order valence-electron chi connectivity index (χ0n) is 13.3. The molecule has 0 saturated carbocycles. The monoisotopic (exact) mass is 304 g/mol. The second kappa shape index (κ2) is 6.22. The molecule has 0 radical (unpaired) electrons. The van der Waals surface area contributed by atoms with Crippen molar-refractivity contribution in [2.45, 2.75) is 6.54 Å². The van der Waals surface area contributed by atoms with Crippen LogP contribution in [0.3, 0.4) is 0 Å². The van der Waals surface area contributed by atoms with Gasteiger partial charge >= 0.3 is 6.03 Å². The number of carbonyl (C=O) groups excluding carboxylic acids is 1. The molecule has 0 bridgehead atoms. The molecule has 22 heavy (non-hydrogen) atoms. The predicted molar refractivity (Wildman–Crippen MR) is 83.3 cm³/mol. The maximum absolute atomic E-state index is 11.8. The number of carbonyl (C=O) groups is 1. The number of amides is 2. The fourth-order valence-corrected chi connectivity index (χ4v) is 3.47. The highest BCUT2D eigenvalue weighted by molar-refractivity contribution is 5.73. The van der Waals surface area contributed by atoms with Crippen LogP contribution >= 0.6 is 0 Å². The summed E-state index contributed by atoms with van der Waals surface area (Å²) in [5.41, 5.74) is 1.28. The smallest absolute Gasteiger partial charge is 0.316 e. The average molecular weight is 304 g/mol. The molecule has 2 saturated heterocycles. The molecule has 1 aromatic rings. The van der Waals surface area contributed by atoms with E-state index < -0.39 is 0 Å². The quantitative estimate of drug-likeness (QED) is 0.894. The fraction of sp³-hybridized carbons (Fsp3) is 0.625. The Labute approximate surface area is 131 Å². The van der Waals surface area contributed by atoms with Crippen molar-refractivity contribution in [2.75, 3.05) is 46.9 Å². The van der Waals surface area contributed by atoms with Crippen LogP contribution in [0, 0.1) is 11.3 Å². The van der Waals surface area contributed by atoms with Crippen LogP contribution in [-0.4, -0.2) is 67.8 Å². The van der Waals surface area contributed by atoms with Gasteiger partial charge in [0.15, 0.2) is 0 Å². The first kappa shape index (κ1) is 15.2. The summed E-state index contributed by atoms with van der Waals surface area (Å²) in [7, 11) is 3.53. The lowest BCUT2D eigenvalue weighted by atomic mass is 9.81. The van der Waals surface area contributed by atoms with Gasteiger partial charge in [0.2, 0.25) is 0 Å². The lowest BCUT2D eigenvalue weighted by molar-refractivity contribution is 0.125. The number of hydrogen-bond acceptors (Lipinski definition) is 4. The number of rotatable bonds is 4. The first-order valence-electron chi connectivity index (χ1n) is 7.73. The molecule has 2 aliphatic rings. The van der Waals surface area contributed by atoms with Crippen LogP contribution in [0.2, 0.25) is 0 Å². The van der Waals surface area contributed by atoms with Gasteiger partial charge in [-0.15, -0.1) is 0 Å². The van der Waals surface area contributed by atoms with Crippen LogP contribution in [0.1, 0.15) is 5.56 Å². The summed E-state index contributed by atoms with van der Waals surface area (Å²) >= 11 is 0. The van der Waals surface area contributed by atoms with Gasteiger partial charge in [0.05, 0.1) is 13.2 Å². The van der Waals surface area contributed by atoms with E-state index in [0.717, 1.165) is 32.8 Å². The van der Waals surface area contributed by atoms with E-state index in [0.29, 0.717) is 12.5 Å². The highest BCUT2D eigenvalue weighted by atomic mass is 16.5. The van der Waals surface area contributed by atoms with E-state index in [4.69, 9.17) is 4.74 Å². The summed E-state index contributed by atoms with van der Waals surface area (Å²) in [6.45, 7) is 5.09. The van der Waals surface area contributed by atoms with Crippen molar-refractivity contribution in [1.29, 1.82) is 0 Å². The number of aromatic nitrogens is 1. The number of urea groups is 1. The van der Waals surface area contributed by atoms with E-state index in [-0.39, 0.29) is 11.4 Å². The third kappa shape index (κ3) is 3.08. The van der Waals surface area contributed by atoms with Crippen molar-refractivity contribution >= 4 is 6.03 Å². The molecule has 0 unspecified atom stereocenters. The second-order valence-corrected chi connectivity index (χ2v) is 6.66. The molecule has 2 aliphatic heterocycles. The number of hydrogen-bond donors (Lipinski definition) is 1. The summed E-state index contributed by atoms with van der Waals surface area (Å²) in [5, 5.41) is 3.04. The van der Waals surface area contributed by atoms with Gasteiger partial charge < -0.3 is 15.0 Å². The molecule has 2 atom stereocenters. The van der Waals surface area contributed by atoms with Crippen molar-refractivity contribution < 1.29 is 9.53 Å². The molecule has 1 aromatic heterocycles. The summed E-state index contributed by atoms with van der Waals surface area (Å²) in [5.74, 6) is 0.492. The van der Waals surface area contributed by atoms with Gasteiger partial charge in [-0.1, -0.05) is 6.07 Å². The van der Waals surface area contributed by atoms with Crippen molar-refractivity contribution in [3.63, 3.8) is 0 Å². The van der Waals surface area contributed by atoms with E-state index >= 15 is 0 Å². The third-order valence-electron chi connectivity index (χ3n) is 4.72. The molecule has 2 amide bonds. The van der Waals surface area contributed by atoms with E-state index in [2.05, 4.69) is 21.3 Å². The number of fused-ring (bicyclic) bond motifs is 1. The summed E-state index contributed by atoms with van der Waals surface area (Å²) in [6, 6.07) is 4.05. The highest BCUT2D eigenvalue weighted by Gasteiger charge is 2.50. The minimum Gasteiger partial charge on any atom is -0.380 e. The predicted octanol–water partition coefficient (Wildman–Crippen LogP) is 0.801.